The van der Waals surface area contributed by atoms with Crippen molar-refractivity contribution in [3.63, 3.8) is 0 Å². The molecule has 0 bridgehead atoms. The summed E-state index contributed by atoms with van der Waals surface area (Å²) in [6, 6.07) is 10.6. The number of amides is 2. The number of rotatable bonds is 6. The predicted octanol–water partition coefficient (Wildman–Crippen LogP) is 1.76. The minimum atomic E-state index is -0.397. The van der Waals surface area contributed by atoms with E-state index in [0.29, 0.717) is 23.9 Å². The van der Waals surface area contributed by atoms with Gasteiger partial charge in [-0.1, -0.05) is 24.3 Å². The number of fused-ring (bicyclic) bond motifs is 1. The van der Waals surface area contributed by atoms with Crippen LogP contribution in [0.15, 0.2) is 46.6 Å². The standard InChI is InChI=1S/C18H18N4O3S/c1-2-22(11-15(23)19-10-12-6-5-9-26-12)18(25)16-13-7-3-4-8-14(13)17(24)21-20-16/h3-9H,2,10-11H2,1H3,(H,19,23)(H,21,24). The van der Waals surface area contributed by atoms with E-state index in [-0.39, 0.29) is 23.7 Å². The molecule has 2 heterocycles. The van der Waals surface area contributed by atoms with Crippen LogP contribution in [0.1, 0.15) is 22.3 Å². The van der Waals surface area contributed by atoms with Gasteiger partial charge >= 0.3 is 0 Å². The van der Waals surface area contributed by atoms with Crippen LogP contribution >= 0.6 is 11.3 Å². The van der Waals surface area contributed by atoms with Gasteiger partial charge in [0.25, 0.3) is 11.5 Å². The highest BCUT2D eigenvalue weighted by molar-refractivity contribution is 7.09. The first kappa shape index (κ1) is 17.8. The molecular weight excluding hydrogens is 352 g/mol. The second-order valence-electron chi connectivity index (χ2n) is 5.62. The number of hydrogen-bond acceptors (Lipinski definition) is 5. The molecule has 0 fully saturated rings. The smallest absolute Gasteiger partial charge is 0.275 e. The number of nitrogens with one attached hydrogen (secondary N) is 2. The zero-order valence-electron chi connectivity index (χ0n) is 14.2. The molecule has 8 heteroatoms. The predicted molar refractivity (Wildman–Crippen MR) is 100 cm³/mol. The Morgan fingerprint density at radius 3 is 2.65 bits per heavy atom. The fourth-order valence-corrected chi connectivity index (χ4v) is 3.23. The Hall–Kier alpha value is -3.00. The van der Waals surface area contributed by atoms with Gasteiger partial charge in [0.05, 0.1) is 18.5 Å². The first-order valence-electron chi connectivity index (χ1n) is 8.16. The summed E-state index contributed by atoms with van der Waals surface area (Å²) in [4.78, 5) is 39.3. The minimum absolute atomic E-state index is 0.0736. The lowest BCUT2D eigenvalue weighted by Gasteiger charge is -2.20. The van der Waals surface area contributed by atoms with Crippen molar-refractivity contribution in [3.8, 4) is 0 Å². The first-order chi connectivity index (χ1) is 12.6. The minimum Gasteiger partial charge on any atom is -0.350 e. The third-order valence-corrected chi connectivity index (χ3v) is 4.82. The Morgan fingerprint density at radius 2 is 1.96 bits per heavy atom. The number of aromatic amines is 1. The van der Waals surface area contributed by atoms with E-state index in [9.17, 15) is 14.4 Å². The molecule has 0 saturated heterocycles. The van der Waals surface area contributed by atoms with Crippen LogP contribution in [0.4, 0.5) is 0 Å². The molecule has 0 spiro atoms. The van der Waals surface area contributed by atoms with E-state index in [0.717, 1.165) is 4.88 Å². The molecule has 1 aromatic carbocycles. The highest BCUT2D eigenvalue weighted by atomic mass is 32.1. The summed E-state index contributed by atoms with van der Waals surface area (Å²) in [6.07, 6.45) is 0. The molecule has 0 radical (unpaired) electrons. The Morgan fingerprint density at radius 1 is 1.19 bits per heavy atom. The summed E-state index contributed by atoms with van der Waals surface area (Å²) >= 11 is 1.56. The van der Waals surface area contributed by atoms with Crippen molar-refractivity contribution in [1.82, 2.24) is 20.4 Å². The lowest BCUT2D eigenvalue weighted by Crippen LogP contribution is -2.41. The van der Waals surface area contributed by atoms with Gasteiger partial charge in [-0.25, -0.2) is 5.10 Å². The lowest BCUT2D eigenvalue weighted by molar-refractivity contribution is -0.121. The zero-order valence-corrected chi connectivity index (χ0v) is 15.0. The molecule has 3 rings (SSSR count). The number of hydrogen-bond donors (Lipinski definition) is 2. The fraction of sp³-hybridized carbons (Fsp3) is 0.222. The third-order valence-electron chi connectivity index (χ3n) is 3.94. The lowest BCUT2D eigenvalue weighted by atomic mass is 10.1. The fourth-order valence-electron chi connectivity index (χ4n) is 2.58. The maximum atomic E-state index is 12.8. The monoisotopic (exact) mass is 370 g/mol. The average molecular weight is 370 g/mol. The molecule has 0 aliphatic rings. The molecule has 26 heavy (non-hydrogen) atoms. The van der Waals surface area contributed by atoms with Gasteiger partial charge in [-0.2, -0.15) is 5.10 Å². The van der Waals surface area contributed by atoms with E-state index in [1.54, 1.807) is 42.5 Å². The topological polar surface area (TPSA) is 95.2 Å². The number of carbonyl (C=O) groups is 2. The van der Waals surface area contributed by atoms with Gasteiger partial charge in [0.2, 0.25) is 5.91 Å². The molecular formula is C18H18N4O3S. The number of H-pyrrole nitrogens is 1. The van der Waals surface area contributed by atoms with Crippen molar-refractivity contribution in [3.05, 3.63) is 62.7 Å². The van der Waals surface area contributed by atoms with Crippen molar-refractivity contribution >= 4 is 33.9 Å². The summed E-state index contributed by atoms with van der Waals surface area (Å²) in [7, 11) is 0. The molecule has 0 unspecified atom stereocenters. The number of thiophene rings is 1. The van der Waals surface area contributed by atoms with Gasteiger partial charge in [0, 0.05) is 16.8 Å². The van der Waals surface area contributed by atoms with Crippen LogP contribution in [0.3, 0.4) is 0 Å². The Balaban J connectivity index is 1.76. The third kappa shape index (κ3) is 3.80. The normalized spacial score (nSPS) is 10.7. The van der Waals surface area contributed by atoms with Crippen molar-refractivity contribution in [1.29, 1.82) is 0 Å². The van der Waals surface area contributed by atoms with Crippen LogP contribution < -0.4 is 10.9 Å². The van der Waals surface area contributed by atoms with E-state index in [4.69, 9.17) is 0 Å². The van der Waals surface area contributed by atoms with Crippen molar-refractivity contribution in [2.75, 3.05) is 13.1 Å². The zero-order chi connectivity index (χ0) is 18.5. The summed E-state index contributed by atoms with van der Waals surface area (Å²) in [5, 5.41) is 11.9. The van der Waals surface area contributed by atoms with Gasteiger partial charge < -0.3 is 10.2 Å². The van der Waals surface area contributed by atoms with Gasteiger partial charge in [-0.15, -0.1) is 11.3 Å². The van der Waals surface area contributed by atoms with E-state index >= 15 is 0 Å². The van der Waals surface area contributed by atoms with E-state index < -0.39 is 5.91 Å². The molecule has 7 nitrogen and oxygen atoms in total. The van der Waals surface area contributed by atoms with Gasteiger partial charge in [-0.3, -0.25) is 14.4 Å². The summed E-state index contributed by atoms with van der Waals surface area (Å²) < 4.78 is 0. The van der Waals surface area contributed by atoms with E-state index in [1.807, 2.05) is 17.5 Å². The van der Waals surface area contributed by atoms with Crippen LogP contribution in [-0.4, -0.2) is 40.0 Å². The quantitative estimate of drug-likeness (QED) is 0.691. The maximum Gasteiger partial charge on any atom is 0.275 e. The van der Waals surface area contributed by atoms with Gasteiger partial charge in [-0.05, 0) is 24.4 Å². The van der Waals surface area contributed by atoms with Crippen LogP contribution in [0.5, 0.6) is 0 Å². The van der Waals surface area contributed by atoms with Gasteiger partial charge in [0.1, 0.15) is 0 Å². The summed E-state index contributed by atoms with van der Waals surface area (Å²) in [6.45, 7) is 2.50. The number of likely N-dealkylation sites (N-methyl/N-ethyl adjacent to an activating group) is 1. The number of aromatic nitrogens is 2. The molecule has 2 N–H and O–H groups in total. The second kappa shape index (κ2) is 7.92. The summed E-state index contributed by atoms with van der Waals surface area (Å²) in [5.74, 6) is -0.645. The van der Waals surface area contributed by atoms with Crippen LogP contribution in [0.2, 0.25) is 0 Å². The van der Waals surface area contributed by atoms with Crippen LogP contribution in [-0.2, 0) is 11.3 Å². The Labute approximate surface area is 153 Å². The van der Waals surface area contributed by atoms with Crippen molar-refractivity contribution in [2.45, 2.75) is 13.5 Å². The average Bonchev–Trinajstić information content (AvgIpc) is 3.18. The van der Waals surface area contributed by atoms with E-state index in [2.05, 4.69) is 15.5 Å². The Kier molecular flexibility index (Phi) is 5.43. The van der Waals surface area contributed by atoms with Crippen LogP contribution in [0, 0.1) is 0 Å². The van der Waals surface area contributed by atoms with Crippen molar-refractivity contribution < 1.29 is 9.59 Å². The van der Waals surface area contributed by atoms with E-state index in [1.165, 1.54) is 4.90 Å². The molecule has 0 aliphatic heterocycles. The first-order valence-corrected chi connectivity index (χ1v) is 9.04. The van der Waals surface area contributed by atoms with Crippen LogP contribution in [0.25, 0.3) is 10.8 Å². The molecule has 0 saturated carbocycles. The molecule has 2 aromatic heterocycles. The number of benzene rings is 1. The molecule has 0 aliphatic carbocycles. The SMILES string of the molecule is CCN(CC(=O)NCc1cccs1)C(=O)c1n[nH]c(=O)c2ccccc12. The molecule has 134 valence electrons. The molecule has 2 amide bonds. The highest BCUT2D eigenvalue weighted by Crippen LogP contribution is 2.14. The second-order valence-corrected chi connectivity index (χ2v) is 6.65. The van der Waals surface area contributed by atoms with Crippen molar-refractivity contribution in [2.24, 2.45) is 0 Å². The maximum absolute atomic E-state index is 12.8. The molecule has 0 atom stereocenters. The molecule has 3 aromatic rings. The number of carbonyl (C=O) groups excluding carboxylic acids is 2. The summed E-state index contributed by atoms with van der Waals surface area (Å²) in [5.41, 5.74) is -0.220. The number of nitrogens with zero attached hydrogens (tertiary/aromatic N) is 2. The highest BCUT2D eigenvalue weighted by Gasteiger charge is 2.21. The van der Waals surface area contributed by atoms with Gasteiger partial charge in [0.15, 0.2) is 5.69 Å². The largest absolute Gasteiger partial charge is 0.350 e. The Bertz CT molecular complexity index is 982.